The molecule has 2 aromatic carbocycles. The molecule has 4 aromatic rings. The van der Waals surface area contributed by atoms with Gasteiger partial charge in [0, 0.05) is 28.6 Å². The average molecular weight is 460 g/mol. The summed E-state index contributed by atoms with van der Waals surface area (Å²) in [6.07, 6.45) is 1.80. The van der Waals surface area contributed by atoms with E-state index < -0.39 is 0 Å². The van der Waals surface area contributed by atoms with Crippen molar-refractivity contribution < 1.29 is 14.3 Å². The number of ether oxygens (including phenoxy) is 2. The first-order valence-corrected chi connectivity index (χ1v) is 11.7. The van der Waals surface area contributed by atoms with Gasteiger partial charge in [-0.3, -0.25) is 4.79 Å². The van der Waals surface area contributed by atoms with Gasteiger partial charge in [0.25, 0.3) is 5.91 Å². The third-order valence-electron chi connectivity index (χ3n) is 5.98. The van der Waals surface area contributed by atoms with E-state index in [9.17, 15) is 4.79 Å². The smallest absolute Gasteiger partial charge is 0.261 e. The molecule has 7 heteroatoms. The van der Waals surface area contributed by atoms with Crippen molar-refractivity contribution in [3.8, 4) is 27.6 Å². The Balaban J connectivity index is 1.39. The molecule has 2 heterocycles. The number of nitrogens with one attached hydrogen (secondary N) is 1. The lowest BCUT2D eigenvalue weighted by Gasteiger charge is -2.14. The van der Waals surface area contributed by atoms with Gasteiger partial charge in [-0.2, -0.15) is 5.10 Å². The number of para-hydroxylation sites is 1. The van der Waals surface area contributed by atoms with Gasteiger partial charge in [0.2, 0.25) is 0 Å². The van der Waals surface area contributed by atoms with Crippen molar-refractivity contribution in [2.75, 3.05) is 14.2 Å². The number of aromatic nitrogens is 2. The van der Waals surface area contributed by atoms with Crippen LogP contribution in [0.2, 0.25) is 0 Å². The molecule has 0 spiro atoms. The van der Waals surface area contributed by atoms with Crippen molar-refractivity contribution in [1.82, 2.24) is 15.1 Å². The molecule has 1 aliphatic carbocycles. The second kappa shape index (κ2) is 8.75. The number of fused-ring (bicyclic) bond motifs is 3. The molecule has 5 rings (SSSR count). The molecule has 0 atom stereocenters. The van der Waals surface area contributed by atoms with E-state index in [2.05, 4.69) is 17.4 Å². The van der Waals surface area contributed by atoms with Crippen molar-refractivity contribution in [3.63, 3.8) is 0 Å². The largest absolute Gasteiger partial charge is 0.497 e. The SMILES string of the molecule is COc1ccc(CNC(=O)c2cc3c(s2)-c2c(C)nn(-c4ccccc4)c2CC3)c(OC)c1. The summed E-state index contributed by atoms with van der Waals surface area (Å²) in [4.78, 5) is 14.9. The molecule has 0 saturated carbocycles. The molecule has 1 amide bonds. The minimum absolute atomic E-state index is 0.0816. The Kier molecular flexibility index (Phi) is 5.64. The van der Waals surface area contributed by atoms with E-state index in [-0.39, 0.29) is 5.91 Å². The van der Waals surface area contributed by atoms with Gasteiger partial charge >= 0.3 is 0 Å². The number of hydrogen-bond acceptors (Lipinski definition) is 5. The maximum absolute atomic E-state index is 13.0. The number of carbonyl (C=O) groups excluding carboxylic acids is 1. The molecule has 0 aliphatic heterocycles. The van der Waals surface area contributed by atoms with Crippen molar-refractivity contribution in [2.24, 2.45) is 0 Å². The van der Waals surface area contributed by atoms with Crippen LogP contribution in [0.15, 0.2) is 54.6 Å². The minimum atomic E-state index is -0.0816. The van der Waals surface area contributed by atoms with Crippen LogP contribution in [0, 0.1) is 6.92 Å². The summed E-state index contributed by atoms with van der Waals surface area (Å²) in [5.41, 5.74) is 6.55. The van der Waals surface area contributed by atoms with Crippen LogP contribution in [0.3, 0.4) is 0 Å². The van der Waals surface area contributed by atoms with Gasteiger partial charge in [-0.05, 0) is 55.7 Å². The maximum atomic E-state index is 13.0. The van der Waals surface area contributed by atoms with E-state index in [1.165, 1.54) is 16.8 Å². The Labute approximate surface area is 196 Å². The van der Waals surface area contributed by atoms with Gasteiger partial charge in [0.15, 0.2) is 0 Å². The highest BCUT2D eigenvalue weighted by atomic mass is 32.1. The summed E-state index contributed by atoms with van der Waals surface area (Å²) < 4.78 is 12.7. The fourth-order valence-corrected chi connectivity index (χ4v) is 5.58. The fraction of sp³-hybridized carbons (Fsp3) is 0.231. The van der Waals surface area contributed by atoms with Gasteiger partial charge in [0.1, 0.15) is 11.5 Å². The predicted octanol–water partition coefficient (Wildman–Crippen LogP) is 4.96. The molecule has 168 valence electrons. The Morgan fingerprint density at radius 2 is 1.91 bits per heavy atom. The molecule has 0 bridgehead atoms. The summed E-state index contributed by atoms with van der Waals surface area (Å²) in [6.45, 7) is 2.42. The Hall–Kier alpha value is -3.58. The standard InChI is InChI=1S/C26H25N3O3S/c1-16-24-21(29(28-16)19-7-5-4-6-8-19)12-10-17-13-23(33-25(17)24)26(30)27-15-18-9-11-20(31-2)14-22(18)32-3/h4-9,11,13-14H,10,12,15H2,1-3H3,(H,27,30). The van der Waals surface area contributed by atoms with E-state index in [4.69, 9.17) is 14.6 Å². The molecule has 0 fully saturated rings. The van der Waals surface area contributed by atoms with Crippen molar-refractivity contribution in [1.29, 1.82) is 0 Å². The number of methoxy groups -OCH3 is 2. The van der Waals surface area contributed by atoms with Gasteiger partial charge < -0.3 is 14.8 Å². The monoisotopic (exact) mass is 459 g/mol. The van der Waals surface area contributed by atoms with Crippen molar-refractivity contribution >= 4 is 17.2 Å². The minimum Gasteiger partial charge on any atom is -0.497 e. The highest BCUT2D eigenvalue weighted by Gasteiger charge is 2.27. The summed E-state index contributed by atoms with van der Waals surface area (Å²) in [5, 5.41) is 7.86. The van der Waals surface area contributed by atoms with Gasteiger partial charge in [0.05, 0.1) is 36.2 Å². The van der Waals surface area contributed by atoms with Crippen LogP contribution in [-0.4, -0.2) is 29.9 Å². The van der Waals surface area contributed by atoms with E-state index in [0.29, 0.717) is 17.2 Å². The Morgan fingerprint density at radius 1 is 1.09 bits per heavy atom. The number of nitrogens with zero attached hydrogens (tertiary/aromatic N) is 2. The van der Waals surface area contributed by atoms with Crippen molar-refractivity contribution in [2.45, 2.75) is 26.3 Å². The van der Waals surface area contributed by atoms with Gasteiger partial charge in [-0.15, -0.1) is 11.3 Å². The lowest BCUT2D eigenvalue weighted by Crippen LogP contribution is -2.22. The molecule has 0 unspecified atom stereocenters. The zero-order valence-corrected chi connectivity index (χ0v) is 19.7. The van der Waals surface area contributed by atoms with E-state index in [0.717, 1.165) is 40.4 Å². The maximum Gasteiger partial charge on any atom is 0.261 e. The van der Waals surface area contributed by atoms with Gasteiger partial charge in [-0.1, -0.05) is 18.2 Å². The average Bonchev–Trinajstić information content (AvgIpc) is 3.44. The third kappa shape index (κ3) is 3.89. The number of amides is 1. The first kappa shape index (κ1) is 21.3. The first-order chi connectivity index (χ1) is 16.1. The van der Waals surface area contributed by atoms with Crippen molar-refractivity contribution in [3.05, 3.63) is 82.0 Å². The van der Waals surface area contributed by atoms with E-state index in [1.54, 1.807) is 25.6 Å². The molecule has 0 radical (unpaired) electrons. The summed E-state index contributed by atoms with van der Waals surface area (Å²) in [5.74, 6) is 1.32. The highest BCUT2D eigenvalue weighted by molar-refractivity contribution is 7.17. The molecule has 6 nitrogen and oxygen atoms in total. The predicted molar refractivity (Wildman–Crippen MR) is 130 cm³/mol. The second-order valence-corrected chi connectivity index (χ2v) is 9.03. The summed E-state index contributed by atoms with van der Waals surface area (Å²) in [7, 11) is 3.23. The number of aryl methyl sites for hydroxylation is 2. The van der Waals surface area contributed by atoms with Gasteiger partial charge in [-0.25, -0.2) is 4.68 Å². The van der Waals surface area contributed by atoms with Crippen LogP contribution in [0.25, 0.3) is 16.1 Å². The van der Waals surface area contributed by atoms with Crippen LogP contribution < -0.4 is 14.8 Å². The normalized spacial score (nSPS) is 12.1. The zero-order valence-electron chi connectivity index (χ0n) is 18.8. The Bertz CT molecular complexity index is 1320. The summed E-state index contributed by atoms with van der Waals surface area (Å²) >= 11 is 1.54. The fourth-order valence-electron chi connectivity index (χ4n) is 4.34. The zero-order chi connectivity index (χ0) is 22.9. The van der Waals surface area contributed by atoms with Crippen LogP contribution in [0.4, 0.5) is 0 Å². The quantitative estimate of drug-likeness (QED) is 0.443. The number of hydrogen-bond donors (Lipinski definition) is 1. The second-order valence-electron chi connectivity index (χ2n) is 7.98. The van der Waals surface area contributed by atoms with Crippen LogP contribution in [0.1, 0.15) is 32.2 Å². The van der Waals surface area contributed by atoms with E-state index >= 15 is 0 Å². The molecular weight excluding hydrogens is 434 g/mol. The molecular formula is C26H25N3O3S. The lowest BCUT2D eigenvalue weighted by atomic mass is 9.95. The molecule has 1 N–H and O–H groups in total. The molecule has 2 aromatic heterocycles. The molecule has 0 saturated heterocycles. The number of carbonyl (C=O) groups is 1. The lowest BCUT2D eigenvalue weighted by molar-refractivity contribution is 0.0954. The Morgan fingerprint density at radius 3 is 2.67 bits per heavy atom. The molecule has 1 aliphatic rings. The van der Waals surface area contributed by atoms with Crippen LogP contribution in [0.5, 0.6) is 11.5 Å². The topological polar surface area (TPSA) is 65.4 Å². The van der Waals surface area contributed by atoms with E-state index in [1.807, 2.05) is 54.1 Å². The highest BCUT2D eigenvalue weighted by Crippen LogP contribution is 2.42. The number of rotatable bonds is 6. The molecule has 33 heavy (non-hydrogen) atoms. The van der Waals surface area contributed by atoms with Crippen LogP contribution in [-0.2, 0) is 19.4 Å². The number of benzene rings is 2. The third-order valence-corrected chi connectivity index (χ3v) is 7.18. The first-order valence-electron chi connectivity index (χ1n) is 10.8. The number of thiophene rings is 1. The summed E-state index contributed by atoms with van der Waals surface area (Å²) in [6, 6.07) is 17.8. The van der Waals surface area contributed by atoms with Crippen LogP contribution >= 0.6 is 11.3 Å².